The second kappa shape index (κ2) is 5.48. The van der Waals surface area contributed by atoms with Crippen molar-refractivity contribution in [3.8, 4) is 11.4 Å². The number of nitrogens with one attached hydrogen (secondary N) is 2. The number of aromatic nitrogens is 4. The number of aromatic amines is 2. The summed E-state index contributed by atoms with van der Waals surface area (Å²) in [5.74, 6) is 0. The molecule has 124 valence electrons. The molecule has 0 aliphatic carbocycles. The van der Waals surface area contributed by atoms with E-state index in [4.69, 9.17) is 0 Å². The van der Waals surface area contributed by atoms with E-state index in [2.05, 4.69) is 10.2 Å². The molecule has 0 radical (unpaired) electrons. The molecular formula is C18H14N4O3. The van der Waals surface area contributed by atoms with Crippen LogP contribution in [0.1, 0.15) is 5.69 Å². The summed E-state index contributed by atoms with van der Waals surface area (Å²) < 4.78 is 2.35. The van der Waals surface area contributed by atoms with Crippen molar-refractivity contribution in [3.63, 3.8) is 0 Å². The smallest absolute Gasteiger partial charge is 0.293 e. The molecule has 0 spiro atoms. The van der Waals surface area contributed by atoms with Crippen molar-refractivity contribution < 1.29 is 0 Å². The summed E-state index contributed by atoms with van der Waals surface area (Å²) in [5, 5.41) is 6.00. The van der Waals surface area contributed by atoms with Gasteiger partial charge in [-0.05, 0) is 31.2 Å². The van der Waals surface area contributed by atoms with E-state index in [1.54, 1.807) is 43.3 Å². The van der Waals surface area contributed by atoms with Gasteiger partial charge in [0.1, 0.15) is 0 Å². The summed E-state index contributed by atoms with van der Waals surface area (Å²) in [6, 6.07) is 15.5. The highest BCUT2D eigenvalue weighted by Gasteiger charge is 2.17. The van der Waals surface area contributed by atoms with Gasteiger partial charge in [-0.25, -0.2) is 9.36 Å². The first-order valence-corrected chi connectivity index (χ1v) is 7.69. The fourth-order valence-electron chi connectivity index (χ4n) is 2.92. The summed E-state index contributed by atoms with van der Waals surface area (Å²) in [4.78, 5) is 37.9. The molecule has 2 heterocycles. The second-order valence-corrected chi connectivity index (χ2v) is 5.69. The Morgan fingerprint density at radius 3 is 2.08 bits per heavy atom. The van der Waals surface area contributed by atoms with E-state index in [9.17, 15) is 14.4 Å². The highest BCUT2D eigenvalue weighted by atomic mass is 16.2. The first-order valence-electron chi connectivity index (χ1n) is 7.69. The van der Waals surface area contributed by atoms with Crippen LogP contribution in [0.4, 0.5) is 0 Å². The molecule has 0 unspecified atom stereocenters. The van der Waals surface area contributed by atoms with E-state index in [0.717, 1.165) is 4.68 Å². The summed E-state index contributed by atoms with van der Waals surface area (Å²) in [7, 11) is 0. The van der Waals surface area contributed by atoms with Gasteiger partial charge in [0, 0.05) is 0 Å². The number of hydrogen-bond acceptors (Lipinski definition) is 3. The van der Waals surface area contributed by atoms with Gasteiger partial charge in [0.15, 0.2) is 5.69 Å². The number of fused-ring (bicyclic) bond motifs is 1. The van der Waals surface area contributed by atoms with Crippen LogP contribution >= 0.6 is 0 Å². The molecule has 4 rings (SSSR count). The molecule has 0 fully saturated rings. The molecule has 4 aromatic rings. The SMILES string of the molecule is Cc1[nH]n(-c2ccccc2)c(=O)c1-n1[nH]c(=O)c2ccccc2c1=O. The third kappa shape index (κ3) is 2.25. The average Bonchev–Trinajstić information content (AvgIpc) is 2.93. The van der Waals surface area contributed by atoms with Crippen molar-refractivity contribution in [1.82, 2.24) is 19.6 Å². The van der Waals surface area contributed by atoms with Gasteiger partial charge in [-0.3, -0.25) is 24.6 Å². The molecule has 0 atom stereocenters. The zero-order valence-corrected chi connectivity index (χ0v) is 13.3. The topological polar surface area (TPSA) is 92.7 Å². The van der Waals surface area contributed by atoms with Crippen LogP contribution in [0.3, 0.4) is 0 Å². The molecule has 0 saturated heterocycles. The molecule has 25 heavy (non-hydrogen) atoms. The fraction of sp³-hybridized carbons (Fsp3) is 0.0556. The maximum Gasteiger partial charge on any atom is 0.297 e. The van der Waals surface area contributed by atoms with Gasteiger partial charge in [-0.2, -0.15) is 0 Å². The molecule has 2 aromatic heterocycles. The molecule has 0 amide bonds. The monoisotopic (exact) mass is 334 g/mol. The lowest BCUT2D eigenvalue weighted by atomic mass is 10.2. The molecule has 0 aliphatic heterocycles. The Morgan fingerprint density at radius 2 is 1.36 bits per heavy atom. The van der Waals surface area contributed by atoms with Crippen molar-refractivity contribution in [1.29, 1.82) is 0 Å². The van der Waals surface area contributed by atoms with E-state index in [1.165, 1.54) is 4.68 Å². The Labute approximate surface area is 140 Å². The highest BCUT2D eigenvalue weighted by Crippen LogP contribution is 2.10. The fourth-order valence-corrected chi connectivity index (χ4v) is 2.92. The van der Waals surface area contributed by atoms with Crippen LogP contribution in [0.2, 0.25) is 0 Å². The van der Waals surface area contributed by atoms with Gasteiger partial charge in [0.2, 0.25) is 0 Å². The Bertz CT molecular complexity index is 1260. The minimum absolute atomic E-state index is 0.0942. The number of para-hydroxylation sites is 1. The predicted molar refractivity (Wildman–Crippen MR) is 94.9 cm³/mol. The minimum Gasteiger partial charge on any atom is -0.293 e. The summed E-state index contributed by atoms with van der Waals surface area (Å²) in [6.45, 7) is 1.68. The van der Waals surface area contributed by atoms with Gasteiger partial charge in [0.05, 0.1) is 22.2 Å². The van der Waals surface area contributed by atoms with Gasteiger partial charge in [-0.15, -0.1) is 0 Å². The lowest BCUT2D eigenvalue weighted by Gasteiger charge is -2.04. The normalized spacial score (nSPS) is 11.1. The standard InChI is InChI=1S/C18H14N4O3/c1-11-15(18(25)21(19-11)12-7-3-2-4-8-12)22-17(24)14-10-6-5-9-13(14)16(23)20-22/h2-10,19H,1H3,(H,20,23). The number of nitrogens with zero attached hydrogens (tertiary/aromatic N) is 2. The third-order valence-corrected chi connectivity index (χ3v) is 4.10. The van der Waals surface area contributed by atoms with Crippen molar-refractivity contribution in [2.75, 3.05) is 0 Å². The molecular weight excluding hydrogens is 320 g/mol. The molecule has 2 aromatic carbocycles. The molecule has 7 nitrogen and oxygen atoms in total. The average molecular weight is 334 g/mol. The summed E-state index contributed by atoms with van der Waals surface area (Å²) >= 11 is 0. The second-order valence-electron chi connectivity index (χ2n) is 5.69. The van der Waals surface area contributed by atoms with Crippen LogP contribution in [-0.2, 0) is 0 Å². The van der Waals surface area contributed by atoms with Crippen molar-refractivity contribution in [2.45, 2.75) is 6.92 Å². The number of H-pyrrole nitrogens is 2. The molecule has 7 heteroatoms. The van der Waals surface area contributed by atoms with Crippen molar-refractivity contribution in [2.24, 2.45) is 0 Å². The molecule has 0 saturated carbocycles. The van der Waals surface area contributed by atoms with Crippen LogP contribution in [0, 0.1) is 6.92 Å². The third-order valence-electron chi connectivity index (χ3n) is 4.10. The highest BCUT2D eigenvalue weighted by molar-refractivity contribution is 5.80. The number of aryl methyl sites for hydroxylation is 1. The van der Waals surface area contributed by atoms with Gasteiger partial charge in [0.25, 0.3) is 16.7 Å². The van der Waals surface area contributed by atoms with E-state index in [0.29, 0.717) is 16.8 Å². The van der Waals surface area contributed by atoms with Gasteiger partial charge in [-0.1, -0.05) is 30.3 Å². The first-order chi connectivity index (χ1) is 12.1. The van der Waals surface area contributed by atoms with Gasteiger partial charge < -0.3 is 0 Å². The van der Waals surface area contributed by atoms with E-state index < -0.39 is 16.7 Å². The van der Waals surface area contributed by atoms with Gasteiger partial charge >= 0.3 is 0 Å². The Balaban J connectivity index is 2.05. The molecule has 0 aliphatic rings. The zero-order valence-electron chi connectivity index (χ0n) is 13.3. The molecule has 2 N–H and O–H groups in total. The minimum atomic E-state index is -0.449. The number of hydrogen-bond donors (Lipinski definition) is 2. The number of benzene rings is 2. The quantitative estimate of drug-likeness (QED) is 0.581. The number of rotatable bonds is 2. The lowest BCUT2D eigenvalue weighted by Crippen LogP contribution is -2.32. The largest absolute Gasteiger partial charge is 0.297 e. The summed E-state index contributed by atoms with van der Waals surface area (Å²) in [5.41, 5.74) is -0.0931. The summed E-state index contributed by atoms with van der Waals surface area (Å²) in [6.07, 6.45) is 0. The van der Waals surface area contributed by atoms with E-state index in [1.807, 2.05) is 18.2 Å². The Morgan fingerprint density at radius 1 is 0.720 bits per heavy atom. The Kier molecular flexibility index (Phi) is 3.28. The van der Waals surface area contributed by atoms with Crippen LogP contribution in [0.5, 0.6) is 0 Å². The van der Waals surface area contributed by atoms with Crippen molar-refractivity contribution in [3.05, 3.63) is 91.4 Å². The molecule has 0 bridgehead atoms. The zero-order chi connectivity index (χ0) is 17.6. The van der Waals surface area contributed by atoms with E-state index in [-0.39, 0.29) is 11.1 Å². The van der Waals surface area contributed by atoms with Crippen LogP contribution in [-0.4, -0.2) is 19.6 Å². The first kappa shape index (κ1) is 14.9. The van der Waals surface area contributed by atoms with Crippen LogP contribution < -0.4 is 16.7 Å². The van der Waals surface area contributed by atoms with Crippen molar-refractivity contribution >= 4 is 10.8 Å². The van der Waals surface area contributed by atoms with Crippen LogP contribution in [0.25, 0.3) is 22.1 Å². The lowest BCUT2D eigenvalue weighted by molar-refractivity contribution is 0.788. The van der Waals surface area contributed by atoms with E-state index >= 15 is 0 Å². The maximum atomic E-state index is 12.8. The predicted octanol–water partition coefficient (Wildman–Crippen LogP) is 1.47. The Hall–Kier alpha value is -3.61. The van der Waals surface area contributed by atoms with Crippen LogP contribution in [0.15, 0.2) is 69.0 Å². The maximum absolute atomic E-state index is 12.8.